The molecule has 84 valence electrons. The van der Waals surface area contributed by atoms with Gasteiger partial charge < -0.3 is 5.73 Å². The zero-order chi connectivity index (χ0) is 11.0. The zero-order valence-electron chi connectivity index (χ0n) is 9.77. The minimum absolute atomic E-state index is 0.254. The molecule has 1 aromatic heterocycles. The maximum Gasteiger partial charge on any atom is 0.0670 e. The first-order valence-corrected chi connectivity index (χ1v) is 5.61. The van der Waals surface area contributed by atoms with Crippen LogP contribution in [-0.4, -0.2) is 34.3 Å². The van der Waals surface area contributed by atoms with Crippen molar-refractivity contribution in [1.82, 2.24) is 14.7 Å². The molecule has 2 rings (SSSR count). The summed E-state index contributed by atoms with van der Waals surface area (Å²) >= 11 is 0. The molecule has 0 aliphatic carbocycles. The third kappa shape index (κ3) is 1.79. The average molecular weight is 208 g/mol. The molecular weight excluding hydrogens is 188 g/mol. The van der Waals surface area contributed by atoms with Crippen LogP contribution < -0.4 is 5.73 Å². The Kier molecular flexibility index (Phi) is 2.80. The van der Waals surface area contributed by atoms with Gasteiger partial charge in [0, 0.05) is 31.4 Å². The fraction of sp³-hybridized carbons (Fsp3) is 0.727. The average Bonchev–Trinajstić information content (AvgIpc) is 2.70. The van der Waals surface area contributed by atoms with Crippen LogP contribution in [0.1, 0.15) is 30.6 Å². The first-order chi connectivity index (χ1) is 7.13. The second-order valence-electron chi connectivity index (χ2n) is 4.44. The second-order valence-corrected chi connectivity index (χ2v) is 4.44. The van der Waals surface area contributed by atoms with Crippen LogP contribution in [0.15, 0.2) is 6.20 Å². The van der Waals surface area contributed by atoms with Gasteiger partial charge in [-0.2, -0.15) is 5.10 Å². The van der Waals surface area contributed by atoms with E-state index < -0.39 is 0 Å². The van der Waals surface area contributed by atoms with Crippen molar-refractivity contribution in [3.63, 3.8) is 0 Å². The van der Waals surface area contributed by atoms with Crippen molar-refractivity contribution in [2.24, 2.45) is 12.8 Å². The number of likely N-dealkylation sites (tertiary alicyclic amines) is 1. The SMILES string of the molecule is CCc1nn(C)cc1C1C(N)CCN1C. The highest BCUT2D eigenvalue weighted by Gasteiger charge is 2.32. The summed E-state index contributed by atoms with van der Waals surface area (Å²) < 4.78 is 1.90. The maximum absolute atomic E-state index is 6.16. The first-order valence-electron chi connectivity index (χ1n) is 5.61. The lowest BCUT2D eigenvalue weighted by Gasteiger charge is -2.22. The smallest absolute Gasteiger partial charge is 0.0670 e. The van der Waals surface area contributed by atoms with E-state index in [1.807, 2.05) is 11.7 Å². The molecule has 1 aliphatic rings. The molecule has 1 fully saturated rings. The van der Waals surface area contributed by atoms with E-state index in [9.17, 15) is 0 Å². The second kappa shape index (κ2) is 3.94. The predicted octanol–water partition coefficient (Wildman–Crippen LogP) is 0.686. The molecule has 0 spiro atoms. The molecule has 2 N–H and O–H groups in total. The lowest BCUT2D eigenvalue weighted by molar-refractivity contribution is 0.302. The Morgan fingerprint density at radius 3 is 2.80 bits per heavy atom. The molecule has 0 aromatic carbocycles. The monoisotopic (exact) mass is 208 g/mol. The van der Waals surface area contributed by atoms with E-state index in [4.69, 9.17) is 5.73 Å². The fourth-order valence-electron chi connectivity index (χ4n) is 2.52. The normalized spacial score (nSPS) is 27.5. The number of nitrogens with two attached hydrogens (primary N) is 1. The summed E-state index contributed by atoms with van der Waals surface area (Å²) in [6, 6.07) is 0.609. The van der Waals surface area contributed by atoms with Gasteiger partial charge in [0.2, 0.25) is 0 Å². The molecule has 1 aromatic rings. The van der Waals surface area contributed by atoms with E-state index in [1.165, 1.54) is 11.3 Å². The maximum atomic E-state index is 6.16. The predicted molar refractivity (Wildman–Crippen MR) is 60.5 cm³/mol. The third-order valence-corrected chi connectivity index (χ3v) is 3.29. The van der Waals surface area contributed by atoms with Crippen LogP contribution >= 0.6 is 0 Å². The fourth-order valence-corrected chi connectivity index (χ4v) is 2.52. The molecular formula is C11H20N4. The van der Waals surface area contributed by atoms with Crippen molar-refractivity contribution < 1.29 is 0 Å². The van der Waals surface area contributed by atoms with E-state index in [1.54, 1.807) is 0 Å². The Labute approximate surface area is 91.1 Å². The van der Waals surface area contributed by atoms with Gasteiger partial charge in [-0.25, -0.2) is 0 Å². The number of rotatable bonds is 2. The minimum atomic E-state index is 0.254. The molecule has 4 nitrogen and oxygen atoms in total. The molecule has 2 heterocycles. The Balaban J connectivity index is 2.34. The Morgan fingerprint density at radius 2 is 2.27 bits per heavy atom. The summed E-state index contributed by atoms with van der Waals surface area (Å²) in [6.45, 7) is 3.23. The number of likely N-dealkylation sites (N-methyl/N-ethyl adjacent to an activating group) is 1. The molecule has 0 bridgehead atoms. The summed E-state index contributed by atoms with van der Waals surface area (Å²) in [5, 5.41) is 4.48. The van der Waals surface area contributed by atoms with Gasteiger partial charge in [-0.05, 0) is 19.9 Å². The van der Waals surface area contributed by atoms with E-state index >= 15 is 0 Å². The van der Waals surface area contributed by atoms with Crippen LogP contribution in [0, 0.1) is 0 Å². The first kappa shape index (κ1) is 10.6. The van der Waals surface area contributed by atoms with E-state index in [0.717, 1.165) is 19.4 Å². The molecule has 4 heteroatoms. The third-order valence-electron chi connectivity index (χ3n) is 3.29. The lowest BCUT2D eigenvalue weighted by atomic mass is 10.0. The van der Waals surface area contributed by atoms with Crippen LogP contribution in [0.2, 0.25) is 0 Å². The molecule has 2 unspecified atom stereocenters. The van der Waals surface area contributed by atoms with Crippen molar-refractivity contribution in [1.29, 1.82) is 0 Å². The molecule has 15 heavy (non-hydrogen) atoms. The van der Waals surface area contributed by atoms with Gasteiger partial charge in [0.25, 0.3) is 0 Å². The molecule has 0 saturated carbocycles. The van der Waals surface area contributed by atoms with Crippen LogP contribution in [0.25, 0.3) is 0 Å². The van der Waals surface area contributed by atoms with Crippen LogP contribution in [0.4, 0.5) is 0 Å². The van der Waals surface area contributed by atoms with Crippen molar-refractivity contribution in [2.45, 2.75) is 31.8 Å². The Bertz CT molecular complexity index is 334. The van der Waals surface area contributed by atoms with Crippen LogP contribution in [-0.2, 0) is 13.5 Å². The largest absolute Gasteiger partial charge is 0.326 e. The van der Waals surface area contributed by atoms with Crippen molar-refractivity contribution in [2.75, 3.05) is 13.6 Å². The number of nitrogens with zero attached hydrogens (tertiary/aromatic N) is 3. The van der Waals surface area contributed by atoms with Crippen molar-refractivity contribution >= 4 is 0 Å². The number of aryl methyl sites for hydroxylation is 2. The van der Waals surface area contributed by atoms with Crippen molar-refractivity contribution in [3.05, 3.63) is 17.5 Å². The lowest BCUT2D eigenvalue weighted by Crippen LogP contribution is -2.29. The van der Waals surface area contributed by atoms with Crippen molar-refractivity contribution in [3.8, 4) is 0 Å². The molecule has 0 radical (unpaired) electrons. The van der Waals surface area contributed by atoms with Gasteiger partial charge >= 0.3 is 0 Å². The highest BCUT2D eigenvalue weighted by molar-refractivity contribution is 5.24. The Hall–Kier alpha value is -0.870. The quantitative estimate of drug-likeness (QED) is 0.777. The zero-order valence-corrected chi connectivity index (χ0v) is 9.77. The summed E-state index contributed by atoms with van der Waals surface area (Å²) in [6.07, 6.45) is 4.18. The Morgan fingerprint density at radius 1 is 1.53 bits per heavy atom. The summed E-state index contributed by atoms with van der Waals surface area (Å²) in [5.41, 5.74) is 8.65. The molecule has 2 atom stereocenters. The van der Waals surface area contributed by atoms with Gasteiger partial charge in [-0.15, -0.1) is 0 Å². The summed E-state index contributed by atoms with van der Waals surface area (Å²) in [4.78, 5) is 2.33. The van der Waals surface area contributed by atoms with Crippen LogP contribution in [0.3, 0.4) is 0 Å². The van der Waals surface area contributed by atoms with Crippen LogP contribution in [0.5, 0.6) is 0 Å². The van der Waals surface area contributed by atoms with Gasteiger partial charge in [0.1, 0.15) is 0 Å². The number of aromatic nitrogens is 2. The van der Waals surface area contributed by atoms with Gasteiger partial charge in [0.15, 0.2) is 0 Å². The minimum Gasteiger partial charge on any atom is -0.326 e. The topological polar surface area (TPSA) is 47.1 Å². The number of hydrogen-bond donors (Lipinski definition) is 1. The van der Waals surface area contributed by atoms with E-state index in [0.29, 0.717) is 6.04 Å². The van der Waals surface area contributed by atoms with Gasteiger partial charge in [-0.1, -0.05) is 6.92 Å². The highest BCUT2D eigenvalue weighted by atomic mass is 15.3. The standard InChI is InChI=1S/C11H20N4/c1-4-10-8(7-15(3)13-10)11-9(12)5-6-14(11)2/h7,9,11H,4-6,12H2,1-3H3. The molecule has 1 aliphatic heterocycles. The summed E-state index contributed by atoms with van der Waals surface area (Å²) in [7, 11) is 4.12. The molecule has 1 saturated heterocycles. The van der Waals surface area contributed by atoms with E-state index in [2.05, 4.69) is 30.2 Å². The highest BCUT2D eigenvalue weighted by Crippen LogP contribution is 2.31. The van der Waals surface area contributed by atoms with Gasteiger partial charge in [0.05, 0.1) is 11.7 Å². The number of hydrogen-bond acceptors (Lipinski definition) is 3. The van der Waals surface area contributed by atoms with E-state index in [-0.39, 0.29) is 6.04 Å². The molecule has 0 amide bonds. The van der Waals surface area contributed by atoms with Gasteiger partial charge in [-0.3, -0.25) is 9.58 Å². The summed E-state index contributed by atoms with van der Waals surface area (Å²) in [5.74, 6) is 0.